The van der Waals surface area contributed by atoms with Crippen LogP contribution in [0.2, 0.25) is 0 Å². The summed E-state index contributed by atoms with van der Waals surface area (Å²) < 4.78 is 0. The maximum absolute atomic E-state index is 9.97. The Hall–Kier alpha value is -0.740. The van der Waals surface area contributed by atoms with Crippen LogP contribution in [0, 0.1) is 0 Å². The van der Waals surface area contributed by atoms with Gasteiger partial charge in [-0.3, -0.25) is 0 Å². The molecule has 0 heterocycles. The van der Waals surface area contributed by atoms with Crippen molar-refractivity contribution in [1.82, 2.24) is 9.80 Å². The zero-order valence-corrected chi connectivity index (χ0v) is 12.2. The van der Waals surface area contributed by atoms with Crippen molar-refractivity contribution in [2.45, 2.75) is 40.0 Å². The fourth-order valence-electron chi connectivity index (χ4n) is 1.85. The number of rotatable bonds is 11. The fourth-order valence-corrected chi connectivity index (χ4v) is 1.85. The highest BCUT2D eigenvalue weighted by molar-refractivity contribution is 4.90. The molecule has 0 aliphatic heterocycles. The van der Waals surface area contributed by atoms with Gasteiger partial charge in [0.1, 0.15) is 0 Å². The third kappa shape index (κ3) is 7.56. The van der Waals surface area contributed by atoms with Crippen molar-refractivity contribution in [3.05, 3.63) is 12.0 Å². The molecule has 18 heavy (non-hydrogen) atoms. The summed E-state index contributed by atoms with van der Waals surface area (Å²) in [6, 6.07) is 0. The van der Waals surface area contributed by atoms with Gasteiger partial charge in [-0.15, -0.1) is 0 Å². The summed E-state index contributed by atoms with van der Waals surface area (Å²) in [4.78, 5) is 4.35. The summed E-state index contributed by atoms with van der Waals surface area (Å²) in [6.07, 6.45) is 4.42. The molecular formula is C14H30N2O2. The van der Waals surface area contributed by atoms with Crippen LogP contribution < -0.4 is 0 Å². The second-order valence-corrected chi connectivity index (χ2v) is 4.39. The first-order valence-corrected chi connectivity index (χ1v) is 7.16. The first-order chi connectivity index (χ1) is 8.69. The lowest BCUT2D eigenvalue weighted by atomic mass is 10.2. The van der Waals surface area contributed by atoms with Crippen LogP contribution in [0.1, 0.15) is 40.0 Å². The minimum atomic E-state index is 0.230. The van der Waals surface area contributed by atoms with E-state index in [0.717, 1.165) is 52.0 Å². The van der Waals surface area contributed by atoms with E-state index in [9.17, 15) is 5.11 Å². The summed E-state index contributed by atoms with van der Waals surface area (Å²) in [5, 5.41) is 18.7. The van der Waals surface area contributed by atoms with E-state index in [0.29, 0.717) is 5.88 Å². The molecule has 4 nitrogen and oxygen atoms in total. The Morgan fingerprint density at radius 2 is 1.67 bits per heavy atom. The fraction of sp³-hybridized carbons (Fsp3) is 0.857. The normalized spacial score (nSPS) is 12.2. The summed E-state index contributed by atoms with van der Waals surface area (Å²) in [6.45, 7) is 11.4. The predicted octanol–water partition coefficient (Wildman–Crippen LogP) is 2.21. The number of allylic oxidation sites excluding steroid dienone is 1. The van der Waals surface area contributed by atoms with Crippen molar-refractivity contribution in [3.63, 3.8) is 0 Å². The van der Waals surface area contributed by atoms with Gasteiger partial charge in [0.25, 0.3) is 0 Å². The molecule has 0 aromatic rings. The molecule has 0 bridgehead atoms. The maximum Gasteiger partial charge on any atom is 0.182 e. The van der Waals surface area contributed by atoms with Gasteiger partial charge in [-0.2, -0.15) is 0 Å². The Labute approximate surface area is 112 Å². The van der Waals surface area contributed by atoms with Gasteiger partial charge in [-0.05, 0) is 45.4 Å². The van der Waals surface area contributed by atoms with Crippen LogP contribution in [0.4, 0.5) is 0 Å². The molecule has 0 radical (unpaired) electrons. The van der Waals surface area contributed by atoms with Crippen LogP contribution in [-0.4, -0.2) is 59.3 Å². The van der Waals surface area contributed by atoms with Crippen LogP contribution in [0.3, 0.4) is 0 Å². The highest BCUT2D eigenvalue weighted by Gasteiger charge is 2.07. The van der Waals surface area contributed by atoms with Crippen molar-refractivity contribution in [2.24, 2.45) is 0 Å². The van der Waals surface area contributed by atoms with Gasteiger partial charge >= 0.3 is 0 Å². The average Bonchev–Trinajstić information content (AvgIpc) is 2.40. The second kappa shape index (κ2) is 11.4. The van der Waals surface area contributed by atoms with Crippen LogP contribution >= 0.6 is 0 Å². The van der Waals surface area contributed by atoms with E-state index < -0.39 is 0 Å². The molecular weight excluding hydrogens is 228 g/mol. The van der Waals surface area contributed by atoms with E-state index in [2.05, 4.69) is 25.7 Å². The smallest absolute Gasteiger partial charge is 0.182 e. The van der Waals surface area contributed by atoms with Crippen LogP contribution in [0.5, 0.6) is 0 Å². The monoisotopic (exact) mass is 258 g/mol. The van der Waals surface area contributed by atoms with Crippen LogP contribution in [0.15, 0.2) is 12.0 Å². The standard InChI is InChI=1S/C14H30N2O2/c1-4-15(5-2)11-12-16(6-3)14(18)10-8-7-9-13-17/h10,17-18H,4-9,11-13H2,1-3H3/b14-10+. The summed E-state index contributed by atoms with van der Waals surface area (Å²) in [7, 11) is 0. The third-order valence-electron chi connectivity index (χ3n) is 3.23. The molecule has 0 fully saturated rings. The van der Waals surface area contributed by atoms with Gasteiger partial charge in [-0.1, -0.05) is 13.8 Å². The lowest BCUT2D eigenvalue weighted by Crippen LogP contribution is -2.34. The Kier molecular flexibility index (Phi) is 10.9. The van der Waals surface area contributed by atoms with Crippen molar-refractivity contribution in [3.8, 4) is 0 Å². The van der Waals surface area contributed by atoms with Crippen molar-refractivity contribution in [1.29, 1.82) is 0 Å². The molecule has 4 heteroatoms. The number of hydrogen-bond donors (Lipinski definition) is 2. The number of aliphatic hydroxyl groups is 2. The maximum atomic E-state index is 9.97. The molecule has 108 valence electrons. The summed E-state index contributed by atoms with van der Waals surface area (Å²) >= 11 is 0. The van der Waals surface area contributed by atoms with Crippen LogP contribution in [-0.2, 0) is 0 Å². The van der Waals surface area contributed by atoms with Gasteiger partial charge in [0.2, 0.25) is 0 Å². The lowest BCUT2D eigenvalue weighted by Gasteiger charge is -2.26. The molecule has 0 unspecified atom stereocenters. The largest absolute Gasteiger partial charge is 0.495 e. The molecule has 0 aromatic heterocycles. The molecule has 0 rings (SSSR count). The van der Waals surface area contributed by atoms with E-state index in [-0.39, 0.29) is 6.61 Å². The topological polar surface area (TPSA) is 46.9 Å². The lowest BCUT2D eigenvalue weighted by molar-refractivity contribution is 0.178. The molecule has 0 saturated carbocycles. The van der Waals surface area contributed by atoms with Crippen molar-refractivity contribution >= 4 is 0 Å². The van der Waals surface area contributed by atoms with E-state index in [1.165, 1.54) is 0 Å². The molecule has 0 aromatic carbocycles. The number of unbranched alkanes of at least 4 members (excludes halogenated alkanes) is 2. The number of aliphatic hydroxyl groups excluding tert-OH is 2. The molecule has 0 aliphatic carbocycles. The molecule has 0 saturated heterocycles. The van der Waals surface area contributed by atoms with E-state index in [1.807, 2.05) is 11.0 Å². The van der Waals surface area contributed by atoms with Gasteiger partial charge in [0.05, 0.1) is 0 Å². The molecule has 0 spiro atoms. The Morgan fingerprint density at radius 3 is 2.17 bits per heavy atom. The average molecular weight is 258 g/mol. The first-order valence-electron chi connectivity index (χ1n) is 7.16. The Bertz CT molecular complexity index is 216. The van der Waals surface area contributed by atoms with Gasteiger partial charge in [-0.25, -0.2) is 0 Å². The number of nitrogens with zero attached hydrogens (tertiary/aromatic N) is 2. The van der Waals surface area contributed by atoms with E-state index in [1.54, 1.807) is 0 Å². The summed E-state index contributed by atoms with van der Waals surface area (Å²) in [5.74, 6) is 0.377. The van der Waals surface area contributed by atoms with Gasteiger partial charge in [0.15, 0.2) is 5.88 Å². The molecule has 2 N–H and O–H groups in total. The van der Waals surface area contributed by atoms with E-state index in [4.69, 9.17) is 5.11 Å². The predicted molar refractivity (Wildman–Crippen MR) is 76.7 cm³/mol. The molecule has 0 aliphatic rings. The highest BCUT2D eigenvalue weighted by atomic mass is 16.3. The summed E-state index contributed by atoms with van der Waals surface area (Å²) in [5.41, 5.74) is 0. The zero-order chi connectivity index (χ0) is 13.8. The minimum absolute atomic E-state index is 0.230. The number of hydrogen-bond acceptors (Lipinski definition) is 4. The quantitative estimate of drug-likeness (QED) is 0.441. The minimum Gasteiger partial charge on any atom is -0.495 e. The van der Waals surface area contributed by atoms with Crippen molar-refractivity contribution < 1.29 is 10.2 Å². The van der Waals surface area contributed by atoms with Gasteiger partial charge < -0.3 is 20.0 Å². The Morgan fingerprint density at radius 1 is 1.00 bits per heavy atom. The SMILES string of the molecule is CCN(CC)CCN(CC)/C(O)=C\CCCCO. The van der Waals surface area contributed by atoms with Gasteiger partial charge in [0, 0.05) is 26.2 Å². The highest BCUT2D eigenvalue weighted by Crippen LogP contribution is 2.05. The second-order valence-electron chi connectivity index (χ2n) is 4.39. The molecule has 0 amide bonds. The zero-order valence-electron chi connectivity index (χ0n) is 12.2. The van der Waals surface area contributed by atoms with E-state index >= 15 is 0 Å². The van der Waals surface area contributed by atoms with Crippen LogP contribution in [0.25, 0.3) is 0 Å². The molecule has 0 atom stereocenters. The van der Waals surface area contributed by atoms with Crippen molar-refractivity contribution in [2.75, 3.05) is 39.3 Å². The number of likely N-dealkylation sites (N-methyl/N-ethyl adjacent to an activating group) is 2. The Balaban J connectivity index is 4.05. The third-order valence-corrected chi connectivity index (χ3v) is 3.23. The first kappa shape index (κ1) is 17.3.